The number of nitrogens with zero attached hydrogens (tertiary/aromatic N) is 1. The van der Waals surface area contributed by atoms with Crippen LogP contribution in [0.2, 0.25) is 5.02 Å². The minimum absolute atomic E-state index is 0.0288. The number of anilines is 1. The second-order valence-corrected chi connectivity index (χ2v) is 6.93. The number of carbonyl (C=O) groups excluding carboxylic acids is 2. The van der Waals surface area contributed by atoms with Crippen molar-refractivity contribution in [1.29, 1.82) is 0 Å². The molecule has 1 aliphatic rings. The lowest BCUT2D eigenvalue weighted by Gasteiger charge is -2.15. The van der Waals surface area contributed by atoms with Crippen LogP contribution in [0.15, 0.2) is 47.4 Å². The molecule has 1 N–H and O–H groups in total. The molecule has 2 aromatic carbocycles. The summed E-state index contributed by atoms with van der Waals surface area (Å²) in [5.74, 6) is 0.827. The number of benzene rings is 2. The van der Waals surface area contributed by atoms with Crippen LogP contribution in [0.25, 0.3) is 6.08 Å². The Morgan fingerprint density at radius 3 is 2.63 bits per heavy atom. The smallest absolute Gasteiger partial charge is 0.295 e. The van der Waals surface area contributed by atoms with E-state index in [2.05, 4.69) is 5.32 Å². The maximum Gasteiger partial charge on any atom is 0.295 e. The summed E-state index contributed by atoms with van der Waals surface area (Å²) in [6, 6.07) is 12.4. The van der Waals surface area contributed by atoms with Gasteiger partial charge in [-0.3, -0.25) is 14.5 Å². The molecule has 2 amide bonds. The van der Waals surface area contributed by atoms with Gasteiger partial charge in [-0.05, 0) is 48.2 Å². The highest BCUT2D eigenvalue weighted by Crippen LogP contribution is 2.35. The molecule has 27 heavy (non-hydrogen) atoms. The average Bonchev–Trinajstić information content (AvgIpc) is 2.94. The fourth-order valence-electron chi connectivity index (χ4n) is 2.50. The van der Waals surface area contributed by atoms with Crippen LogP contribution in [0.1, 0.15) is 5.56 Å². The van der Waals surface area contributed by atoms with Gasteiger partial charge in [-0.25, -0.2) is 0 Å². The quantitative estimate of drug-likeness (QED) is 0.717. The third-order valence-electron chi connectivity index (χ3n) is 3.90. The van der Waals surface area contributed by atoms with E-state index in [1.54, 1.807) is 56.7 Å². The van der Waals surface area contributed by atoms with Gasteiger partial charge in [-0.1, -0.05) is 23.7 Å². The number of hydrogen-bond acceptors (Lipinski definition) is 6. The van der Waals surface area contributed by atoms with Crippen molar-refractivity contribution in [1.82, 2.24) is 4.90 Å². The highest BCUT2D eigenvalue weighted by Gasteiger charge is 2.35. The van der Waals surface area contributed by atoms with Gasteiger partial charge in [-0.15, -0.1) is 0 Å². The zero-order chi connectivity index (χ0) is 19.4. The first-order chi connectivity index (χ1) is 13.0. The van der Waals surface area contributed by atoms with Gasteiger partial charge in [-0.2, -0.15) is 0 Å². The first-order valence-corrected chi connectivity index (χ1v) is 9.18. The molecule has 0 radical (unpaired) electrons. The summed E-state index contributed by atoms with van der Waals surface area (Å²) in [6.07, 6.45) is 1.63. The van der Waals surface area contributed by atoms with E-state index in [0.29, 0.717) is 32.7 Å². The number of nitrogens with one attached hydrogen (secondary N) is 1. The van der Waals surface area contributed by atoms with Crippen LogP contribution >= 0.6 is 23.4 Å². The molecule has 6 nitrogen and oxygen atoms in total. The Labute approximate surface area is 166 Å². The van der Waals surface area contributed by atoms with Crippen molar-refractivity contribution in [2.75, 3.05) is 26.2 Å². The van der Waals surface area contributed by atoms with Gasteiger partial charge >= 0.3 is 0 Å². The Morgan fingerprint density at radius 2 is 1.93 bits per heavy atom. The molecule has 1 saturated heterocycles. The van der Waals surface area contributed by atoms with Crippen molar-refractivity contribution in [2.24, 2.45) is 0 Å². The zero-order valence-corrected chi connectivity index (χ0v) is 16.3. The maximum absolute atomic E-state index is 12.7. The van der Waals surface area contributed by atoms with E-state index in [1.165, 1.54) is 0 Å². The van der Waals surface area contributed by atoms with Crippen LogP contribution in [0, 0.1) is 0 Å². The molecule has 3 rings (SSSR count). The molecule has 1 heterocycles. The predicted molar refractivity (Wildman–Crippen MR) is 107 cm³/mol. The number of halogens is 1. The third-order valence-corrected chi connectivity index (χ3v) is 5.14. The SMILES string of the molecule is COc1ccc(OC)c(/C=C2\SC(=O)N(CNc3ccccc3Cl)C2=O)c1. The van der Waals surface area contributed by atoms with Crippen LogP contribution in [0.3, 0.4) is 0 Å². The fourth-order valence-corrected chi connectivity index (χ4v) is 3.53. The monoisotopic (exact) mass is 404 g/mol. The molecule has 0 aromatic heterocycles. The van der Waals surface area contributed by atoms with Crippen LogP contribution in [-0.2, 0) is 4.79 Å². The van der Waals surface area contributed by atoms with Gasteiger partial charge in [0.15, 0.2) is 0 Å². The second kappa shape index (κ2) is 8.37. The number of para-hydroxylation sites is 1. The van der Waals surface area contributed by atoms with Crippen LogP contribution in [-0.4, -0.2) is 36.9 Å². The van der Waals surface area contributed by atoms with Crippen molar-refractivity contribution in [3.8, 4) is 11.5 Å². The van der Waals surface area contributed by atoms with E-state index >= 15 is 0 Å². The molecule has 0 spiro atoms. The lowest BCUT2D eigenvalue weighted by molar-refractivity contribution is -0.122. The number of hydrogen-bond donors (Lipinski definition) is 1. The lowest BCUT2D eigenvalue weighted by Crippen LogP contribution is -2.33. The molecule has 140 valence electrons. The standard InChI is InChI=1S/C19H17ClN2O4S/c1-25-13-7-8-16(26-2)12(9-13)10-17-18(23)22(19(24)27-17)11-21-15-6-4-3-5-14(15)20/h3-10,21H,11H2,1-2H3/b17-10-. The molecular weight excluding hydrogens is 388 g/mol. The minimum atomic E-state index is -0.380. The summed E-state index contributed by atoms with van der Waals surface area (Å²) in [5.41, 5.74) is 1.30. The van der Waals surface area contributed by atoms with Gasteiger partial charge < -0.3 is 14.8 Å². The van der Waals surface area contributed by atoms with Gasteiger partial charge in [0.2, 0.25) is 0 Å². The van der Waals surface area contributed by atoms with Crippen molar-refractivity contribution in [2.45, 2.75) is 0 Å². The van der Waals surface area contributed by atoms with Gasteiger partial charge in [0.25, 0.3) is 11.1 Å². The minimum Gasteiger partial charge on any atom is -0.497 e. The normalized spacial score (nSPS) is 15.4. The molecule has 2 aromatic rings. The third kappa shape index (κ3) is 4.20. The van der Waals surface area contributed by atoms with E-state index in [0.717, 1.165) is 16.7 Å². The number of carbonyl (C=O) groups is 2. The first kappa shape index (κ1) is 19.1. The molecule has 0 atom stereocenters. The van der Waals surface area contributed by atoms with E-state index in [4.69, 9.17) is 21.1 Å². The largest absolute Gasteiger partial charge is 0.497 e. The number of methoxy groups -OCH3 is 2. The average molecular weight is 405 g/mol. The Morgan fingerprint density at radius 1 is 1.15 bits per heavy atom. The summed E-state index contributed by atoms with van der Waals surface area (Å²) >= 11 is 6.96. The van der Waals surface area contributed by atoms with E-state index in [9.17, 15) is 9.59 Å². The molecule has 0 aliphatic carbocycles. The number of imide groups is 1. The first-order valence-electron chi connectivity index (χ1n) is 7.99. The number of amides is 2. The van der Waals surface area contributed by atoms with E-state index in [1.807, 2.05) is 6.07 Å². The van der Waals surface area contributed by atoms with E-state index in [-0.39, 0.29) is 17.8 Å². The van der Waals surface area contributed by atoms with Crippen molar-refractivity contribution < 1.29 is 19.1 Å². The Hall–Kier alpha value is -2.64. The number of thioether (sulfide) groups is 1. The number of rotatable bonds is 6. The Bertz CT molecular complexity index is 916. The highest BCUT2D eigenvalue weighted by atomic mass is 35.5. The summed E-state index contributed by atoms with van der Waals surface area (Å²) in [5, 5.41) is 3.17. The van der Waals surface area contributed by atoms with Crippen LogP contribution in [0.5, 0.6) is 11.5 Å². The molecule has 1 fully saturated rings. The predicted octanol–water partition coefficient (Wildman–Crippen LogP) is 4.46. The highest BCUT2D eigenvalue weighted by molar-refractivity contribution is 8.18. The molecular formula is C19H17ClN2O4S. The molecule has 1 aliphatic heterocycles. The Balaban J connectivity index is 1.80. The fraction of sp³-hybridized carbons (Fsp3) is 0.158. The van der Waals surface area contributed by atoms with Crippen LogP contribution in [0.4, 0.5) is 10.5 Å². The van der Waals surface area contributed by atoms with Gasteiger partial charge in [0.1, 0.15) is 11.5 Å². The Kier molecular flexibility index (Phi) is 5.93. The molecule has 0 saturated carbocycles. The number of ether oxygens (including phenoxy) is 2. The zero-order valence-electron chi connectivity index (χ0n) is 14.7. The summed E-state index contributed by atoms with van der Waals surface area (Å²) in [6.45, 7) is 0.0288. The van der Waals surface area contributed by atoms with Crippen molar-refractivity contribution >= 4 is 46.3 Å². The molecule has 8 heteroatoms. The maximum atomic E-state index is 12.7. The van der Waals surface area contributed by atoms with Crippen molar-refractivity contribution in [3.63, 3.8) is 0 Å². The summed E-state index contributed by atoms with van der Waals surface area (Å²) < 4.78 is 10.5. The van der Waals surface area contributed by atoms with Gasteiger partial charge in [0, 0.05) is 5.56 Å². The topological polar surface area (TPSA) is 67.9 Å². The summed E-state index contributed by atoms with van der Waals surface area (Å²) in [7, 11) is 3.10. The second-order valence-electron chi connectivity index (χ2n) is 5.53. The van der Waals surface area contributed by atoms with E-state index < -0.39 is 0 Å². The van der Waals surface area contributed by atoms with Crippen LogP contribution < -0.4 is 14.8 Å². The molecule has 0 unspecified atom stereocenters. The molecule has 0 bridgehead atoms. The van der Waals surface area contributed by atoms with Crippen molar-refractivity contribution in [3.05, 3.63) is 58.0 Å². The summed E-state index contributed by atoms with van der Waals surface area (Å²) in [4.78, 5) is 26.4. The van der Waals surface area contributed by atoms with Gasteiger partial charge in [0.05, 0.1) is 36.5 Å². The lowest BCUT2D eigenvalue weighted by atomic mass is 10.1.